The summed E-state index contributed by atoms with van der Waals surface area (Å²) in [5.41, 5.74) is 3.51. The van der Waals surface area contributed by atoms with Gasteiger partial charge in [-0.2, -0.15) is 0 Å². The molecule has 124 valence electrons. The maximum Gasteiger partial charge on any atom is 0.0250 e. The van der Waals surface area contributed by atoms with E-state index in [1.807, 2.05) is 0 Å². The van der Waals surface area contributed by atoms with E-state index >= 15 is 0 Å². The molecule has 0 fully saturated rings. The van der Waals surface area contributed by atoms with Gasteiger partial charge in [-0.1, -0.05) is 107 Å². The second kappa shape index (κ2) is 7.51. The van der Waals surface area contributed by atoms with Crippen LogP contribution in [0.1, 0.15) is 96.6 Å². The number of rotatable bonds is 0. The lowest BCUT2D eigenvalue weighted by molar-refractivity contribution is 0.416. The molecule has 1 aliphatic rings. The zero-order chi connectivity index (χ0) is 16.2. The average molecular weight is 365 g/mol. The Labute approximate surface area is 146 Å². The van der Waals surface area contributed by atoms with Crippen molar-refractivity contribution < 1.29 is 0 Å². The highest BCUT2D eigenvalue weighted by molar-refractivity contribution is 9.10. The second-order valence-corrected chi connectivity index (χ2v) is 9.20. The van der Waals surface area contributed by atoms with E-state index in [9.17, 15) is 0 Å². The minimum atomic E-state index is 0.259. The van der Waals surface area contributed by atoms with Crippen LogP contribution in [0.2, 0.25) is 0 Å². The molecule has 2 bridgehead atoms. The van der Waals surface area contributed by atoms with E-state index in [0.29, 0.717) is 0 Å². The molecule has 0 radical (unpaired) electrons. The van der Waals surface area contributed by atoms with E-state index in [2.05, 4.69) is 61.8 Å². The third kappa shape index (κ3) is 4.37. The summed E-state index contributed by atoms with van der Waals surface area (Å²) in [5.74, 6) is 0. The van der Waals surface area contributed by atoms with Gasteiger partial charge in [-0.15, -0.1) is 0 Å². The Morgan fingerprint density at radius 2 is 1.05 bits per heavy atom. The summed E-state index contributed by atoms with van der Waals surface area (Å²) >= 11 is 3.97. The van der Waals surface area contributed by atoms with Crippen LogP contribution in [-0.2, 0) is 10.8 Å². The lowest BCUT2D eigenvalue weighted by atomic mass is 9.74. The lowest BCUT2D eigenvalue weighted by Gasteiger charge is -2.32. The Balaban J connectivity index is 2.36. The minimum absolute atomic E-state index is 0.259. The maximum atomic E-state index is 3.97. The van der Waals surface area contributed by atoms with E-state index in [-0.39, 0.29) is 10.8 Å². The SMILES string of the molecule is CC1(C)CCCCCCCCCC(C)(C)c2cccc1c2Br. The van der Waals surface area contributed by atoms with Crippen LogP contribution < -0.4 is 0 Å². The van der Waals surface area contributed by atoms with Gasteiger partial charge < -0.3 is 0 Å². The molecule has 1 heteroatoms. The number of halogens is 1. The predicted octanol–water partition coefficient (Wildman–Crippen LogP) is 7.53. The summed E-state index contributed by atoms with van der Waals surface area (Å²) in [5, 5.41) is 0. The summed E-state index contributed by atoms with van der Waals surface area (Å²) in [6, 6.07) is 6.93. The van der Waals surface area contributed by atoms with Crippen molar-refractivity contribution >= 4 is 15.9 Å². The van der Waals surface area contributed by atoms with Crippen molar-refractivity contribution in [3.8, 4) is 0 Å². The molecule has 0 saturated carbocycles. The van der Waals surface area contributed by atoms with Crippen LogP contribution in [0.5, 0.6) is 0 Å². The molecule has 2 rings (SSSR count). The molecule has 0 heterocycles. The molecule has 0 aromatic heterocycles. The largest absolute Gasteiger partial charge is 0.0616 e. The summed E-state index contributed by atoms with van der Waals surface area (Å²) in [6.45, 7) is 9.65. The zero-order valence-electron chi connectivity index (χ0n) is 15.0. The maximum absolute atomic E-state index is 3.97. The van der Waals surface area contributed by atoms with Gasteiger partial charge in [-0.25, -0.2) is 0 Å². The van der Waals surface area contributed by atoms with Gasteiger partial charge >= 0.3 is 0 Å². The van der Waals surface area contributed by atoms with Gasteiger partial charge in [-0.05, 0) is 34.8 Å². The molecule has 0 nitrogen and oxygen atoms in total. The van der Waals surface area contributed by atoms with Crippen molar-refractivity contribution in [2.24, 2.45) is 0 Å². The Morgan fingerprint density at radius 3 is 1.45 bits per heavy atom. The summed E-state index contributed by atoms with van der Waals surface area (Å²) in [7, 11) is 0. The first-order valence-electron chi connectivity index (χ1n) is 9.14. The predicted molar refractivity (Wildman–Crippen MR) is 102 cm³/mol. The summed E-state index contributed by atoms with van der Waals surface area (Å²) < 4.78 is 1.36. The number of fused-ring (bicyclic) bond motifs is 2. The van der Waals surface area contributed by atoms with Crippen LogP contribution in [-0.4, -0.2) is 0 Å². The number of benzene rings is 1. The highest BCUT2D eigenvalue weighted by Crippen LogP contribution is 2.41. The molecule has 22 heavy (non-hydrogen) atoms. The number of hydrogen-bond donors (Lipinski definition) is 0. The molecule has 0 N–H and O–H groups in total. The Kier molecular flexibility index (Phi) is 6.16. The molecule has 0 unspecified atom stereocenters. The normalized spacial score (nSPS) is 22.8. The van der Waals surface area contributed by atoms with E-state index in [4.69, 9.17) is 0 Å². The Morgan fingerprint density at radius 1 is 0.682 bits per heavy atom. The molecule has 0 saturated heterocycles. The van der Waals surface area contributed by atoms with E-state index in [1.165, 1.54) is 73.4 Å². The molecular formula is C21H33Br. The molecule has 0 amide bonds. The van der Waals surface area contributed by atoms with E-state index < -0.39 is 0 Å². The van der Waals surface area contributed by atoms with Gasteiger partial charge in [0.05, 0.1) is 0 Å². The van der Waals surface area contributed by atoms with Gasteiger partial charge in [-0.3, -0.25) is 0 Å². The van der Waals surface area contributed by atoms with Crippen molar-refractivity contribution in [3.05, 3.63) is 33.8 Å². The molecule has 0 spiro atoms. The highest BCUT2D eigenvalue weighted by Gasteiger charge is 2.28. The second-order valence-electron chi connectivity index (χ2n) is 8.41. The monoisotopic (exact) mass is 364 g/mol. The van der Waals surface area contributed by atoms with Crippen LogP contribution >= 0.6 is 15.9 Å². The van der Waals surface area contributed by atoms with Crippen LogP contribution in [0.3, 0.4) is 0 Å². The topological polar surface area (TPSA) is 0 Å². The van der Waals surface area contributed by atoms with Gasteiger partial charge in [0.15, 0.2) is 0 Å². The van der Waals surface area contributed by atoms with Gasteiger partial charge in [0, 0.05) is 4.47 Å². The van der Waals surface area contributed by atoms with Crippen LogP contribution in [0, 0.1) is 0 Å². The first-order valence-corrected chi connectivity index (χ1v) is 9.93. The van der Waals surface area contributed by atoms with Crippen LogP contribution in [0.15, 0.2) is 22.7 Å². The fourth-order valence-corrected chi connectivity index (χ4v) is 5.20. The number of hydrogen-bond acceptors (Lipinski definition) is 0. The van der Waals surface area contributed by atoms with Crippen LogP contribution in [0.25, 0.3) is 0 Å². The summed E-state index contributed by atoms with van der Waals surface area (Å²) in [4.78, 5) is 0. The van der Waals surface area contributed by atoms with E-state index in [0.717, 1.165) is 0 Å². The van der Waals surface area contributed by atoms with Crippen molar-refractivity contribution in [3.63, 3.8) is 0 Å². The van der Waals surface area contributed by atoms with Crippen molar-refractivity contribution in [2.45, 2.75) is 96.3 Å². The molecular weight excluding hydrogens is 332 g/mol. The van der Waals surface area contributed by atoms with Gasteiger partial charge in [0.1, 0.15) is 0 Å². The third-order valence-corrected chi connectivity index (χ3v) is 6.41. The van der Waals surface area contributed by atoms with Crippen molar-refractivity contribution in [1.29, 1.82) is 0 Å². The first-order chi connectivity index (χ1) is 10.3. The molecule has 1 aromatic rings. The minimum Gasteiger partial charge on any atom is -0.0616 e. The Bertz CT molecular complexity index is 444. The van der Waals surface area contributed by atoms with E-state index in [1.54, 1.807) is 0 Å². The van der Waals surface area contributed by atoms with Crippen molar-refractivity contribution in [2.75, 3.05) is 0 Å². The lowest BCUT2D eigenvalue weighted by Crippen LogP contribution is -2.22. The third-order valence-electron chi connectivity index (χ3n) is 5.56. The van der Waals surface area contributed by atoms with Crippen molar-refractivity contribution in [1.82, 2.24) is 0 Å². The quantitative estimate of drug-likeness (QED) is 0.446. The fourth-order valence-electron chi connectivity index (χ4n) is 3.86. The molecule has 0 atom stereocenters. The summed E-state index contributed by atoms with van der Waals surface area (Å²) in [6.07, 6.45) is 12.3. The van der Waals surface area contributed by atoms with Gasteiger partial charge in [0.2, 0.25) is 0 Å². The average Bonchev–Trinajstić information content (AvgIpc) is 2.44. The molecule has 0 aliphatic heterocycles. The van der Waals surface area contributed by atoms with Gasteiger partial charge in [0.25, 0.3) is 0 Å². The Hall–Kier alpha value is -0.300. The van der Waals surface area contributed by atoms with Crippen LogP contribution in [0.4, 0.5) is 0 Å². The smallest absolute Gasteiger partial charge is 0.0250 e. The highest BCUT2D eigenvalue weighted by atomic mass is 79.9. The standard InChI is InChI=1S/C21H33Br/c1-20(2)15-10-8-6-5-7-9-11-16-21(3,4)18-14-12-13-17(20)19(18)22/h12-14H,5-11,15-16H2,1-4H3. The molecule has 1 aromatic carbocycles. The zero-order valence-corrected chi connectivity index (χ0v) is 16.6. The first kappa shape index (κ1) is 18.0. The molecule has 1 aliphatic carbocycles. The fraction of sp³-hybridized carbons (Fsp3) is 0.714.